The monoisotopic (exact) mass is 859 g/mol. The Kier molecular flexibility index (Phi) is 32.9. The number of phosphoric acid groups is 1. The predicted molar refractivity (Wildman–Crippen MR) is 230 cm³/mol. The van der Waals surface area contributed by atoms with Crippen LogP contribution in [0.1, 0.15) is 168 Å². The second kappa shape index (κ2) is 35.4. The van der Waals surface area contributed by atoms with Crippen molar-refractivity contribution >= 4 is 19.8 Å². The number of ether oxygens (including phenoxy) is 2. The van der Waals surface area contributed by atoms with Gasteiger partial charge in [-0.1, -0.05) is 133 Å². The van der Waals surface area contributed by atoms with Crippen molar-refractivity contribution in [2.45, 2.75) is 211 Å². The summed E-state index contributed by atoms with van der Waals surface area (Å²) in [6.07, 6.45) is 27.4. The highest BCUT2D eigenvalue weighted by atomic mass is 31.2. The van der Waals surface area contributed by atoms with Gasteiger partial charge >= 0.3 is 19.8 Å². The molecule has 1 aliphatic carbocycles. The largest absolute Gasteiger partial charge is 0.472 e. The van der Waals surface area contributed by atoms with Crippen molar-refractivity contribution in [3.63, 3.8) is 0 Å². The predicted octanol–water partition coefficient (Wildman–Crippen LogP) is 8.39. The molecule has 6 unspecified atom stereocenters. The van der Waals surface area contributed by atoms with Crippen LogP contribution >= 0.6 is 7.82 Å². The number of carbonyl (C=O) groups is 2. The van der Waals surface area contributed by atoms with Gasteiger partial charge in [-0.2, -0.15) is 0 Å². The van der Waals surface area contributed by atoms with Crippen LogP contribution in [0.25, 0.3) is 0 Å². The molecular weight excluding hydrogens is 779 g/mol. The van der Waals surface area contributed by atoms with E-state index in [2.05, 4.69) is 62.5 Å². The quantitative estimate of drug-likeness (QED) is 0.0115. The SMILES string of the molecule is CCCCCC/C=C/C=C/CCCCCCCC(=O)O[C@H](COC(=O)CCCC/C=C/C/C=C/CCCCCCCC)COP(=O)(O)OC1C(O)C(O)C(O)[C@@H](O)C1O. The third kappa shape index (κ3) is 28.1. The van der Waals surface area contributed by atoms with Gasteiger partial charge in [-0.25, -0.2) is 4.57 Å². The van der Waals surface area contributed by atoms with Gasteiger partial charge in [0.25, 0.3) is 0 Å². The number of phosphoric ester groups is 1. The molecule has 0 aliphatic heterocycles. The summed E-state index contributed by atoms with van der Waals surface area (Å²) in [6, 6.07) is 0. The van der Waals surface area contributed by atoms with E-state index >= 15 is 0 Å². The van der Waals surface area contributed by atoms with Crippen LogP contribution in [0.2, 0.25) is 0 Å². The van der Waals surface area contributed by atoms with Gasteiger partial charge in [-0.05, 0) is 70.6 Å². The van der Waals surface area contributed by atoms with Crippen molar-refractivity contribution in [3.8, 4) is 0 Å². The van der Waals surface area contributed by atoms with Gasteiger partial charge in [0.05, 0.1) is 6.61 Å². The zero-order valence-electron chi connectivity index (χ0n) is 36.0. The molecule has 0 amide bonds. The van der Waals surface area contributed by atoms with Crippen molar-refractivity contribution in [2.24, 2.45) is 0 Å². The lowest BCUT2D eigenvalue weighted by Crippen LogP contribution is -2.64. The van der Waals surface area contributed by atoms with Crippen molar-refractivity contribution in [1.82, 2.24) is 0 Å². The maximum Gasteiger partial charge on any atom is 0.472 e. The topological polar surface area (TPSA) is 210 Å². The molecule has 0 aromatic rings. The van der Waals surface area contributed by atoms with Gasteiger partial charge in [0.2, 0.25) is 0 Å². The highest BCUT2D eigenvalue weighted by Crippen LogP contribution is 2.47. The fourth-order valence-electron chi connectivity index (χ4n) is 6.48. The van der Waals surface area contributed by atoms with Crippen LogP contribution in [0.15, 0.2) is 48.6 Å². The van der Waals surface area contributed by atoms with E-state index in [1.807, 2.05) is 0 Å². The van der Waals surface area contributed by atoms with Crippen LogP contribution in [0.3, 0.4) is 0 Å². The fourth-order valence-corrected chi connectivity index (χ4v) is 7.46. The molecule has 13 nitrogen and oxygen atoms in total. The summed E-state index contributed by atoms with van der Waals surface area (Å²) in [5.41, 5.74) is 0. The summed E-state index contributed by atoms with van der Waals surface area (Å²) in [7, 11) is -5.13. The first kappa shape index (κ1) is 54.8. The number of esters is 2. The zero-order valence-corrected chi connectivity index (χ0v) is 36.9. The molecule has 0 heterocycles. The van der Waals surface area contributed by atoms with E-state index in [0.717, 1.165) is 64.2 Å². The van der Waals surface area contributed by atoms with Crippen LogP contribution in [-0.4, -0.2) is 98.3 Å². The first-order chi connectivity index (χ1) is 28.4. The second-order valence-electron chi connectivity index (χ2n) is 15.6. The molecule has 0 aromatic heterocycles. The molecule has 0 saturated heterocycles. The number of hydrogen-bond donors (Lipinski definition) is 6. The Morgan fingerprint density at radius 1 is 0.542 bits per heavy atom. The Morgan fingerprint density at radius 2 is 0.966 bits per heavy atom. The summed E-state index contributed by atoms with van der Waals surface area (Å²) >= 11 is 0. The van der Waals surface area contributed by atoms with Crippen LogP contribution in [-0.2, 0) is 32.7 Å². The molecule has 0 bridgehead atoms. The molecule has 342 valence electrons. The van der Waals surface area contributed by atoms with Crippen LogP contribution < -0.4 is 0 Å². The standard InChI is InChI=1S/C45H79O13P/c1-3-5-7-9-11-13-15-17-19-21-23-25-27-29-31-33-38(46)55-35-37(36-56-59(53,54)58-45-43(51)41(49)40(48)42(50)44(45)52)57-39(47)34-32-30-28-26-24-22-20-18-16-14-12-10-8-6-4-2/h14,16-20,23,25,37,40-45,48-52H,3-13,15,21-22,24,26-36H2,1-2H3,(H,53,54)/b16-14+,19-17+,20-18+,25-23+/t37-,40?,41-,42?,43?,44?,45?/m1/s1. The van der Waals surface area contributed by atoms with Gasteiger partial charge in [0, 0.05) is 12.8 Å². The minimum Gasteiger partial charge on any atom is -0.462 e. The van der Waals surface area contributed by atoms with E-state index in [0.29, 0.717) is 12.8 Å². The van der Waals surface area contributed by atoms with E-state index in [-0.39, 0.29) is 12.8 Å². The normalized spacial score (nSPS) is 22.8. The van der Waals surface area contributed by atoms with Crippen LogP contribution in [0, 0.1) is 0 Å². The van der Waals surface area contributed by atoms with E-state index in [1.54, 1.807) is 0 Å². The number of rotatable bonds is 36. The molecule has 8 atom stereocenters. The Labute approximate surface area is 354 Å². The van der Waals surface area contributed by atoms with E-state index < -0.39 is 75.7 Å². The average Bonchev–Trinajstić information content (AvgIpc) is 3.21. The highest BCUT2D eigenvalue weighted by molar-refractivity contribution is 7.47. The molecule has 1 rings (SSSR count). The summed E-state index contributed by atoms with van der Waals surface area (Å²) in [5, 5.41) is 50.1. The van der Waals surface area contributed by atoms with E-state index in [1.165, 1.54) is 64.2 Å². The smallest absolute Gasteiger partial charge is 0.462 e. The Hall–Kier alpha value is -2.19. The minimum atomic E-state index is -5.13. The van der Waals surface area contributed by atoms with Crippen molar-refractivity contribution in [1.29, 1.82) is 0 Å². The maximum absolute atomic E-state index is 12.8. The number of aliphatic hydroxyl groups is 5. The van der Waals surface area contributed by atoms with Gasteiger partial charge < -0.3 is 39.9 Å². The third-order valence-corrected chi connectivity index (χ3v) is 11.2. The molecular formula is C45H79O13P. The molecule has 0 aromatic carbocycles. The highest BCUT2D eigenvalue weighted by Gasteiger charge is 2.51. The zero-order chi connectivity index (χ0) is 43.6. The summed E-state index contributed by atoms with van der Waals surface area (Å²) < 4.78 is 33.4. The van der Waals surface area contributed by atoms with E-state index in [4.69, 9.17) is 18.5 Å². The van der Waals surface area contributed by atoms with Crippen LogP contribution in [0.4, 0.5) is 0 Å². The lowest BCUT2D eigenvalue weighted by Gasteiger charge is -2.41. The number of hydrogen-bond acceptors (Lipinski definition) is 12. The number of allylic oxidation sites excluding steroid dienone is 8. The van der Waals surface area contributed by atoms with Crippen molar-refractivity contribution in [3.05, 3.63) is 48.6 Å². The average molecular weight is 859 g/mol. The first-order valence-corrected chi connectivity index (χ1v) is 24.0. The summed E-state index contributed by atoms with van der Waals surface area (Å²) in [6.45, 7) is 3.22. The summed E-state index contributed by atoms with van der Waals surface area (Å²) in [4.78, 5) is 35.6. The molecule has 1 aliphatic rings. The molecule has 1 fully saturated rings. The molecule has 14 heteroatoms. The fraction of sp³-hybridized carbons (Fsp3) is 0.778. The Bertz CT molecular complexity index is 1220. The molecule has 0 radical (unpaired) electrons. The minimum absolute atomic E-state index is 0.0711. The van der Waals surface area contributed by atoms with Gasteiger partial charge in [0.1, 0.15) is 43.2 Å². The van der Waals surface area contributed by atoms with Gasteiger partial charge in [-0.3, -0.25) is 18.6 Å². The summed E-state index contributed by atoms with van der Waals surface area (Å²) in [5.74, 6) is -1.16. The Morgan fingerprint density at radius 3 is 1.53 bits per heavy atom. The van der Waals surface area contributed by atoms with E-state index in [9.17, 15) is 44.6 Å². The lowest BCUT2D eigenvalue weighted by molar-refractivity contribution is -0.220. The Balaban J connectivity index is 2.52. The van der Waals surface area contributed by atoms with Gasteiger partial charge in [-0.15, -0.1) is 0 Å². The maximum atomic E-state index is 12.8. The van der Waals surface area contributed by atoms with Crippen molar-refractivity contribution in [2.75, 3.05) is 13.2 Å². The molecule has 6 N–H and O–H groups in total. The third-order valence-electron chi connectivity index (χ3n) is 10.2. The van der Waals surface area contributed by atoms with Crippen molar-refractivity contribution < 1.29 is 63.1 Å². The number of unbranched alkanes of at least 4 members (excludes halogenated alkanes) is 17. The van der Waals surface area contributed by atoms with Crippen LogP contribution in [0.5, 0.6) is 0 Å². The first-order valence-electron chi connectivity index (χ1n) is 22.5. The molecule has 0 spiro atoms. The number of carbonyl (C=O) groups excluding carboxylic acids is 2. The molecule has 1 saturated carbocycles. The van der Waals surface area contributed by atoms with Gasteiger partial charge in [0.15, 0.2) is 6.10 Å². The lowest BCUT2D eigenvalue weighted by atomic mass is 9.85. The second-order valence-corrected chi connectivity index (χ2v) is 17.0. The molecule has 59 heavy (non-hydrogen) atoms. The number of aliphatic hydroxyl groups excluding tert-OH is 5.